The zero-order valence-electron chi connectivity index (χ0n) is 29.1. The molecule has 9 heteroatoms. The molecule has 4 aromatic rings. The number of fused-ring (bicyclic) bond motifs is 16. The summed E-state index contributed by atoms with van der Waals surface area (Å²) in [4.78, 5) is 39.3. The van der Waals surface area contributed by atoms with Gasteiger partial charge in [0, 0.05) is 61.6 Å². The van der Waals surface area contributed by atoms with Crippen LogP contribution in [0.15, 0.2) is 137 Å². The van der Waals surface area contributed by atoms with Gasteiger partial charge in [0.05, 0.1) is 0 Å². The van der Waals surface area contributed by atoms with Crippen LogP contribution in [0.3, 0.4) is 0 Å². The van der Waals surface area contributed by atoms with Crippen molar-refractivity contribution in [1.29, 1.82) is 0 Å². The van der Waals surface area contributed by atoms with Crippen molar-refractivity contribution in [3.8, 4) is 0 Å². The van der Waals surface area contributed by atoms with E-state index >= 15 is 0 Å². The summed E-state index contributed by atoms with van der Waals surface area (Å²) in [6.07, 6.45) is 0. The summed E-state index contributed by atoms with van der Waals surface area (Å²) < 4.78 is 0. The Bertz CT molecular complexity index is 1790. The topological polar surface area (TPSA) is 98.9 Å². The maximum Gasteiger partial charge on any atom is 0.164 e. The summed E-state index contributed by atoms with van der Waals surface area (Å²) in [6, 6.07) is 31.8. The average molecular weight is 696 g/mol. The third-order valence-electron chi connectivity index (χ3n) is 7.33. The van der Waals surface area contributed by atoms with Gasteiger partial charge in [-0.15, -0.1) is 0 Å². The van der Waals surface area contributed by atoms with Gasteiger partial charge >= 0.3 is 0 Å². The summed E-state index contributed by atoms with van der Waals surface area (Å²) in [6.45, 7) is 16.0. The van der Waals surface area contributed by atoms with E-state index in [1.54, 1.807) is 0 Å². The Kier molecular flexibility index (Phi) is 12.5. The van der Waals surface area contributed by atoms with Gasteiger partial charge in [-0.25, -0.2) is 39.9 Å². The van der Waals surface area contributed by atoms with Gasteiger partial charge in [-0.2, -0.15) is 0 Å². The molecule has 0 spiro atoms. The van der Waals surface area contributed by atoms with E-state index < -0.39 is 0 Å². The normalized spacial score (nSPS) is 14.5. The third kappa shape index (κ3) is 6.73. The van der Waals surface area contributed by atoms with E-state index in [1.807, 2.05) is 152 Å². The summed E-state index contributed by atoms with van der Waals surface area (Å²) in [5, 5.41) is 0. The van der Waals surface area contributed by atoms with Crippen LogP contribution < -0.4 is 0 Å². The SMILES string of the molecule is CC.CC.CC.CC.[Cu].c1ccc2c(c1)C1=NC2=NC2=NC(=NC3=NC(=NC4=NC(=N1)c1ccccc14)c1ccccc13)c1ccccc12. The second-order valence-electron chi connectivity index (χ2n) is 9.67. The Hall–Kier alpha value is -5.24. The van der Waals surface area contributed by atoms with Crippen molar-refractivity contribution >= 4 is 46.7 Å². The van der Waals surface area contributed by atoms with Crippen molar-refractivity contribution in [2.45, 2.75) is 55.4 Å². The van der Waals surface area contributed by atoms with E-state index in [2.05, 4.69) is 0 Å². The predicted molar refractivity (Wildman–Crippen MR) is 203 cm³/mol. The van der Waals surface area contributed by atoms with Crippen LogP contribution in [0.25, 0.3) is 0 Å². The third-order valence-corrected chi connectivity index (χ3v) is 7.33. The molecule has 49 heavy (non-hydrogen) atoms. The monoisotopic (exact) mass is 695 g/mol. The van der Waals surface area contributed by atoms with E-state index in [0.717, 1.165) is 44.5 Å². The number of rotatable bonds is 0. The molecule has 0 aromatic heterocycles. The van der Waals surface area contributed by atoms with Gasteiger partial charge in [-0.05, 0) is 0 Å². The standard InChI is InChI=1S/C32H16N8.4C2H6.Cu/c1-2-10-18-17(9-1)25-33-26(18)38-28-21-13-5-6-14-22(21)30(35-28)40-32-24-16-8-7-15-23(24)31(36-32)39-29-20-12-4-3-11-19(20)27(34-29)37-25;4*1-2;/h1-16H;4*1-2H3;. The van der Waals surface area contributed by atoms with Crippen LogP contribution >= 0.6 is 0 Å². The Balaban J connectivity index is 0.000000564. The number of aliphatic imine (C=N–C) groups is 8. The Labute approximate surface area is 299 Å². The molecule has 5 aliphatic heterocycles. The minimum absolute atomic E-state index is 0. The first kappa shape index (κ1) is 36.6. The summed E-state index contributed by atoms with van der Waals surface area (Å²) in [5.41, 5.74) is 7.15. The van der Waals surface area contributed by atoms with E-state index in [1.165, 1.54) is 0 Å². The number of hydrogen-bond donors (Lipinski definition) is 0. The molecule has 5 heterocycles. The van der Waals surface area contributed by atoms with E-state index in [0.29, 0.717) is 46.7 Å². The molecule has 4 aromatic carbocycles. The van der Waals surface area contributed by atoms with Gasteiger partial charge in [-0.3, -0.25) is 0 Å². The summed E-state index contributed by atoms with van der Waals surface area (Å²) in [7, 11) is 0. The number of nitrogens with zero attached hydrogens (tertiary/aromatic N) is 8. The molecule has 251 valence electrons. The fraction of sp³-hybridized carbons (Fsp3) is 0.200. The van der Waals surface area contributed by atoms with Crippen molar-refractivity contribution in [1.82, 2.24) is 0 Å². The first-order valence-corrected chi connectivity index (χ1v) is 16.9. The van der Waals surface area contributed by atoms with Gasteiger partial charge in [0.1, 0.15) is 0 Å². The summed E-state index contributed by atoms with van der Waals surface area (Å²) >= 11 is 0. The minimum atomic E-state index is 0. The van der Waals surface area contributed by atoms with Gasteiger partial charge in [0.25, 0.3) is 0 Å². The molecule has 8 nitrogen and oxygen atoms in total. The molecule has 5 aliphatic rings. The van der Waals surface area contributed by atoms with Crippen LogP contribution in [-0.2, 0) is 17.1 Å². The number of benzene rings is 4. The maximum atomic E-state index is 4.95. The smallest absolute Gasteiger partial charge is 0.164 e. The molecule has 1 radical (unpaired) electrons. The first-order chi connectivity index (χ1) is 23.8. The average Bonchev–Trinajstić information content (AvgIpc) is 3.91. The molecule has 0 N–H and O–H groups in total. The zero-order valence-corrected chi connectivity index (χ0v) is 30.1. The molecule has 0 aliphatic carbocycles. The molecule has 9 rings (SSSR count). The van der Waals surface area contributed by atoms with Crippen LogP contribution in [0.5, 0.6) is 0 Å². The zero-order chi connectivity index (χ0) is 34.2. The largest absolute Gasteiger partial charge is 0.208 e. The van der Waals surface area contributed by atoms with Crippen molar-refractivity contribution in [2.24, 2.45) is 39.9 Å². The van der Waals surface area contributed by atoms with E-state index in [9.17, 15) is 0 Å². The number of hydrogen-bond acceptors (Lipinski definition) is 8. The Morgan fingerprint density at radius 2 is 0.327 bits per heavy atom. The van der Waals surface area contributed by atoms with Crippen LogP contribution in [0, 0.1) is 0 Å². The predicted octanol–water partition coefficient (Wildman–Crippen LogP) is 8.93. The van der Waals surface area contributed by atoms with Crippen LogP contribution in [0.1, 0.15) is 99.9 Å². The molecule has 8 bridgehead atoms. The van der Waals surface area contributed by atoms with Crippen molar-refractivity contribution in [3.63, 3.8) is 0 Å². The van der Waals surface area contributed by atoms with Gasteiger partial charge < -0.3 is 0 Å². The fourth-order valence-corrected chi connectivity index (χ4v) is 5.46. The van der Waals surface area contributed by atoms with E-state index in [-0.39, 0.29) is 17.1 Å². The fourth-order valence-electron chi connectivity index (χ4n) is 5.46. The van der Waals surface area contributed by atoms with Crippen LogP contribution in [0.2, 0.25) is 0 Å². The van der Waals surface area contributed by atoms with Crippen molar-refractivity contribution < 1.29 is 17.1 Å². The second-order valence-corrected chi connectivity index (χ2v) is 9.67. The molecular formula is C40H40CuN8. The van der Waals surface area contributed by atoms with Gasteiger partial charge in [0.15, 0.2) is 46.7 Å². The van der Waals surface area contributed by atoms with Crippen LogP contribution in [0.4, 0.5) is 0 Å². The molecule has 0 unspecified atom stereocenters. The number of amidine groups is 8. The van der Waals surface area contributed by atoms with Crippen molar-refractivity contribution in [3.05, 3.63) is 142 Å². The van der Waals surface area contributed by atoms with Crippen molar-refractivity contribution in [2.75, 3.05) is 0 Å². The molecular weight excluding hydrogens is 656 g/mol. The van der Waals surface area contributed by atoms with E-state index in [4.69, 9.17) is 39.9 Å². The van der Waals surface area contributed by atoms with Crippen LogP contribution in [-0.4, -0.2) is 46.7 Å². The van der Waals surface area contributed by atoms with Gasteiger partial charge in [-0.1, -0.05) is 152 Å². The first-order valence-electron chi connectivity index (χ1n) is 16.9. The minimum Gasteiger partial charge on any atom is -0.208 e. The Morgan fingerprint density at radius 3 is 0.429 bits per heavy atom. The quantitative estimate of drug-likeness (QED) is 0.164. The molecule has 0 saturated carbocycles. The molecule has 0 saturated heterocycles. The Morgan fingerprint density at radius 1 is 0.224 bits per heavy atom. The molecule has 0 atom stereocenters. The second kappa shape index (κ2) is 16.7. The maximum absolute atomic E-state index is 4.95. The van der Waals surface area contributed by atoms with Gasteiger partial charge in [0.2, 0.25) is 0 Å². The molecule has 0 fully saturated rings. The summed E-state index contributed by atoms with van der Waals surface area (Å²) in [5.74, 6) is 4.42. The molecule has 0 amide bonds.